The molecular weight excluding hydrogens is 224 g/mol. The van der Waals surface area contributed by atoms with Gasteiger partial charge in [0.2, 0.25) is 0 Å². The van der Waals surface area contributed by atoms with Crippen molar-refractivity contribution in [3.8, 4) is 0 Å². The molecule has 0 unspecified atom stereocenters. The Kier molecular flexibility index (Phi) is 3.98. The summed E-state index contributed by atoms with van der Waals surface area (Å²) in [5, 5.41) is 11.0. The van der Waals surface area contributed by atoms with E-state index in [1.54, 1.807) is 6.07 Å². The number of unbranched alkanes of at least 4 members (excludes halogenated alkanes) is 2. The summed E-state index contributed by atoms with van der Waals surface area (Å²) in [5.41, 5.74) is 1.67. The van der Waals surface area contributed by atoms with Crippen LogP contribution in [-0.2, 0) is 6.42 Å². The first kappa shape index (κ1) is 12.6. The molecule has 2 heteroatoms. The van der Waals surface area contributed by atoms with Crippen molar-refractivity contribution in [2.75, 3.05) is 0 Å². The minimum Gasteiger partial charge on any atom is -0.478 e. The normalized spacial score (nSPS) is 10.7. The van der Waals surface area contributed by atoms with Crippen LogP contribution in [0.4, 0.5) is 0 Å². The van der Waals surface area contributed by atoms with Gasteiger partial charge in [0.15, 0.2) is 0 Å². The fourth-order valence-corrected chi connectivity index (χ4v) is 2.25. The van der Waals surface area contributed by atoms with Gasteiger partial charge in [-0.05, 0) is 35.2 Å². The molecule has 0 bridgehead atoms. The van der Waals surface area contributed by atoms with Crippen molar-refractivity contribution in [1.82, 2.24) is 0 Å². The Bertz CT molecular complexity index is 558. The van der Waals surface area contributed by atoms with E-state index in [1.807, 2.05) is 24.3 Å². The third kappa shape index (κ3) is 2.70. The summed E-state index contributed by atoms with van der Waals surface area (Å²) in [4.78, 5) is 11.1. The van der Waals surface area contributed by atoms with Crippen molar-refractivity contribution >= 4 is 16.7 Å². The van der Waals surface area contributed by atoms with E-state index in [0.717, 1.165) is 17.2 Å². The van der Waals surface area contributed by atoms with Crippen LogP contribution in [0.3, 0.4) is 0 Å². The van der Waals surface area contributed by atoms with Crippen molar-refractivity contribution in [2.24, 2.45) is 0 Å². The zero-order valence-electron chi connectivity index (χ0n) is 10.6. The topological polar surface area (TPSA) is 37.3 Å². The van der Waals surface area contributed by atoms with Gasteiger partial charge in [-0.25, -0.2) is 4.79 Å². The Morgan fingerprint density at radius 3 is 2.72 bits per heavy atom. The van der Waals surface area contributed by atoms with Crippen molar-refractivity contribution < 1.29 is 9.90 Å². The number of carboxylic acids is 1. The lowest BCUT2D eigenvalue weighted by Gasteiger charge is -2.06. The van der Waals surface area contributed by atoms with Crippen LogP contribution in [0.15, 0.2) is 36.4 Å². The molecule has 94 valence electrons. The van der Waals surface area contributed by atoms with Gasteiger partial charge >= 0.3 is 5.97 Å². The van der Waals surface area contributed by atoms with E-state index in [4.69, 9.17) is 5.11 Å². The van der Waals surface area contributed by atoms with Gasteiger partial charge in [-0.2, -0.15) is 0 Å². The smallest absolute Gasteiger partial charge is 0.336 e. The molecule has 0 saturated carbocycles. The minimum atomic E-state index is -0.862. The molecule has 2 rings (SSSR count). The van der Waals surface area contributed by atoms with Gasteiger partial charge in [-0.15, -0.1) is 0 Å². The summed E-state index contributed by atoms with van der Waals surface area (Å²) in [7, 11) is 0. The molecule has 0 aliphatic heterocycles. The second-order valence-electron chi connectivity index (χ2n) is 4.62. The molecule has 0 saturated heterocycles. The quantitative estimate of drug-likeness (QED) is 0.795. The zero-order chi connectivity index (χ0) is 13.0. The highest BCUT2D eigenvalue weighted by molar-refractivity contribution is 6.03. The number of hydrogen-bond acceptors (Lipinski definition) is 1. The molecule has 0 amide bonds. The van der Waals surface area contributed by atoms with Gasteiger partial charge in [-0.1, -0.05) is 50.1 Å². The number of aryl methyl sites for hydroxylation is 1. The number of rotatable bonds is 5. The Morgan fingerprint density at radius 1 is 1.17 bits per heavy atom. The van der Waals surface area contributed by atoms with Crippen LogP contribution in [0.25, 0.3) is 10.8 Å². The molecule has 0 aromatic heterocycles. The molecule has 18 heavy (non-hydrogen) atoms. The van der Waals surface area contributed by atoms with Crippen LogP contribution in [0.2, 0.25) is 0 Å². The highest BCUT2D eigenvalue weighted by Crippen LogP contribution is 2.21. The molecule has 0 fully saturated rings. The van der Waals surface area contributed by atoms with Gasteiger partial charge in [0.25, 0.3) is 0 Å². The van der Waals surface area contributed by atoms with Crippen molar-refractivity contribution in [3.63, 3.8) is 0 Å². The van der Waals surface area contributed by atoms with Gasteiger partial charge in [0.05, 0.1) is 5.56 Å². The van der Waals surface area contributed by atoms with E-state index in [1.165, 1.54) is 24.8 Å². The summed E-state index contributed by atoms with van der Waals surface area (Å²) >= 11 is 0. The number of carbonyl (C=O) groups is 1. The maximum Gasteiger partial charge on any atom is 0.336 e. The second-order valence-corrected chi connectivity index (χ2v) is 4.62. The standard InChI is InChI=1S/C16H18O2/c1-2-3-4-6-12-9-10-14-13(11-12)7-5-8-15(14)16(17)18/h5,7-11H,2-4,6H2,1H3,(H,17,18). The Labute approximate surface area is 107 Å². The SMILES string of the molecule is CCCCCc1ccc2c(C(=O)O)cccc2c1. The fourth-order valence-electron chi connectivity index (χ4n) is 2.25. The first-order valence-electron chi connectivity index (χ1n) is 6.47. The fraction of sp³-hybridized carbons (Fsp3) is 0.312. The third-order valence-corrected chi connectivity index (χ3v) is 3.24. The summed E-state index contributed by atoms with van der Waals surface area (Å²) < 4.78 is 0. The maximum atomic E-state index is 11.1. The summed E-state index contributed by atoms with van der Waals surface area (Å²) in [6, 6.07) is 11.5. The lowest BCUT2D eigenvalue weighted by Crippen LogP contribution is -1.97. The van der Waals surface area contributed by atoms with Crippen LogP contribution in [0.1, 0.15) is 42.1 Å². The predicted molar refractivity (Wildman–Crippen MR) is 74.1 cm³/mol. The average molecular weight is 242 g/mol. The molecule has 0 aliphatic carbocycles. The van der Waals surface area contributed by atoms with Crippen LogP contribution < -0.4 is 0 Å². The molecular formula is C16H18O2. The number of hydrogen-bond donors (Lipinski definition) is 1. The third-order valence-electron chi connectivity index (χ3n) is 3.24. The molecule has 1 N–H and O–H groups in total. The number of aromatic carboxylic acids is 1. The minimum absolute atomic E-state index is 0.382. The van der Waals surface area contributed by atoms with Crippen molar-refractivity contribution in [2.45, 2.75) is 32.6 Å². The molecule has 2 nitrogen and oxygen atoms in total. The first-order valence-corrected chi connectivity index (χ1v) is 6.47. The highest BCUT2D eigenvalue weighted by Gasteiger charge is 2.07. The molecule has 0 heterocycles. The van der Waals surface area contributed by atoms with E-state index in [-0.39, 0.29) is 0 Å². The van der Waals surface area contributed by atoms with E-state index in [2.05, 4.69) is 13.0 Å². The predicted octanol–water partition coefficient (Wildman–Crippen LogP) is 4.27. The Balaban J connectivity index is 2.32. The van der Waals surface area contributed by atoms with Crippen molar-refractivity contribution in [3.05, 3.63) is 47.5 Å². The Hall–Kier alpha value is -1.83. The van der Waals surface area contributed by atoms with Crippen LogP contribution in [0, 0.1) is 0 Å². The maximum absolute atomic E-state index is 11.1. The summed E-state index contributed by atoms with van der Waals surface area (Å²) in [6.45, 7) is 2.19. The van der Waals surface area contributed by atoms with E-state index >= 15 is 0 Å². The monoisotopic (exact) mass is 242 g/mol. The zero-order valence-corrected chi connectivity index (χ0v) is 10.6. The van der Waals surface area contributed by atoms with Crippen LogP contribution in [0.5, 0.6) is 0 Å². The summed E-state index contributed by atoms with van der Waals surface area (Å²) in [5.74, 6) is -0.862. The molecule has 0 spiro atoms. The van der Waals surface area contributed by atoms with Gasteiger partial charge in [0.1, 0.15) is 0 Å². The van der Waals surface area contributed by atoms with Crippen molar-refractivity contribution in [1.29, 1.82) is 0 Å². The second kappa shape index (κ2) is 5.67. The lowest BCUT2D eigenvalue weighted by molar-refractivity contribution is 0.0699. The summed E-state index contributed by atoms with van der Waals surface area (Å²) in [6.07, 6.45) is 4.73. The molecule has 2 aromatic carbocycles. The van der Waals surface area contributed by atoms with E-state index in [9.17, 15) is 4.79 Å². The molecule has 0 atom stereocenters. The number of fused-ring (bicyclic) bond motifs is 1. The largest absolute Gasteiger partial charge is 0.478 e. The molecule has 0 radical (unpaired) electrons. The van der Waals surface area contributed by atoms with Gasteiger partial charge in [-0.3, -0.25) is 0 Å². The van der Waals surface area contributed by atoms with E-state index < -0.39 is 5.97 Å². The van der Waals surface area contributed by atoms with Crippen LogP contribution in [-0.4, -0.2) is 11.1 Å². The number of carboxylic acid groups (broad SMARTS) is 1. The highest BCUT2D eigenvalue weighted by atomic mass is 16.4. The van der Waals surface area contributed by atoms with Crippen LogP contribution >= 0.6 is 0 Å². The number of benzene rings is 2. The average Bonchev–Trinajstić information content (AvgIpc) is 2.38. The Morgan fingerprint density at radius 2 is 2.00 bits per heavy atom. The first-order chi connectivity index (χ1) is 8.72. The van der Waals surface area contributed by atoms with E-state index in [0.29, 0.717) is 5.56 Å². The molecule has 2 aromatic rings. The lowest BCUT2D eigenvalue weighted by atomic mass is 9.99. The molecule has 0 aliphatic rings. The van der Waals surface area contributed by atoms with Gasteiger partial charge in [0, 0.05) is 0 Å². The van der Waals surface area contributed by atoms with Gasteiger partial charge < -0.3 is 5.11 Å².